The molecule has 1 aliphatic rings. The molecule has 1 aliphatic heterocycles. The number of carbonyl (C=O) groups excluding carboxylic acids is 2. The molecule has 0 aliphatic carbocycles. The maximum absolute atomic E-state index is 12.5. The van der Waals surface area contributed by atoms with E-state index in [4.69, 9.17) is 0 Å². The largest absolute Gasteiger partial charge is 0.339 e. The summed E-state index contributed by atoms with van der Waals surface area (Å²) < 4.78 is 0. The van der Waals surface area contributed by atoms with Crippen LogP contribution in [0.15, 0.2) is 54.6 Å². The predicted molar refractivity (Wildman–Crippen MR) is 95.3 cm³/mol. The monoisotopic (exact) mass is 323 g/mol. The van der Waals surface area contributed by atoms with Crippen LogP contribution in [0.25, 0.3) is 0 Å². The van der Waals surface area contributed by atoms with Gasteiger partial charge in [0.1, 0.15) is 0 Å². The van der Waals surface area contributed by atoms with E-state index in [1.165, 1.54) is 6.42 Å². The molecule has 2 aromatic carbocycles. The minimum Gasteiger partial charge on any atom is -0.339 e. The smallest absolute Gasteiger partial charge is 0.323 e. The van der Waals surface area contributed by atoms with E-state index < -0.39 is 0 Å². The normalized spacial score (nSPS) is 14.1. The zero-order valence-electron chi connectivity index (χ0n) is 13.5. The highest BCUT2D eigenvalue weighted by Gasteiger charge is 2.18. The molecule has 3 amide bonds. The Hall–Kier alpha value is -2.82. The summed E-state index contributed by atoms with van der Waals surface area (Å²) in [6.07, 6.45) is 3.30. The molecule has 3 rings (SSSR count). The molecule has 1 saturated heterocycles. The second-order valence-electron chi connectivity index (χ2n) is 5.88. The molecule has 0 bridgehead atoms. The number of benzene rings is 2. The highest BCUT2D eigenvalue weighted by atomic mass is 16.2. The van der Waals surface area contributed by atoms with Gasteiger partial charge in [0.25, 0.3) is 5.91 Å². The number of para-hydroxylation sites is 1. The van der Waals surface area contributed by atoms with Crippen molar-refractivity contribution in [2.75, 3.05) is 23.7 Å². The Morgan fingerprint density at radius 1 is 0.792 bits per heavy atom. The van der Waals surface area contributed by atoms with E-state index in [1.807, 2.05) is 35.2 Å². The third kappa shape index (κ3) is 4.13. The molecule has 5 heteroatoms. The van der Waals surface area contributed by atoms with Crippen LogP contribution in [0.5, 0.6) is 0 Å². The van der Waals surface area contributed by atoms with Gasteiger partial charge in [0.15, 0.2) is 0 Å². The summed E-state index contributed by atoms with van der Waals surface area (Å²) >= 11 is 0. The highest BCUT2D eigenvalue weighted by molar-refractivity contribution is 6.01. The first-order valence-corrected chi connectivity index (χ1v) is 8.25. The Balaban J connectivity index is 1.64. The molecule has 2 N–H and O–H groups in total. The molecule has 24 heavy (non-hydrogen) atoms. The molecule has 0 atom stereocenters. The van der Waals surface area contributed by atoms with Gasteiger partial charge in [0, 0.05) is 30.0 Å². The Bertz CT molecular complexity index is 710. The second kappa shape index (κ2) is 7.64. The summed E-state index contributed by atoms with van der Waals surface area (Å²) in [6.45, 7) is 1.62. The Kier molecular flexibility index (Phi) is 5.11. The first-order valence-electron chi connectivity index (χ1n) is 8.25. The molecule has 0 saturated carbocycles. The third-order valence-electron chi connectivity index (χ3n) is 4.04. The van der Waals surface area contributed by atoms with Crippen LogP contribution in [0, 0.1) is 0 Å². The minimum absolute atomic E-state index is 0.0295. The van der Waals surface area contributed by atoms with Crippen LogP contribution in [0.4, 0.5) is 16.2 Å². The number of amides is 3. The lowest BCUT2D eigenvalue weighted by atomic mass is 10.1. The van der Waals surface area contributed by atoms with E-state index in [-0.39, 0.29) is 11.9 Å². The van der Waals surface area contributed by atoms with Crippen LogP contribution in [-0.4, -0.2) is 29.9 Å². The molecule has 1 heterocycles. The summed E-state index contributed by atoms with van der Waals surface area (Å²) in [7, 11) is 0. The van der Waals surface area contributed by atoms with Gasteiger partial charge in [-0.1, -0.05) is 24.3 Å². The van der Waals surface area contributed by atoms with Crippen molar-refractivity contribution in [1.29, 1.82) is 0 Å². The van der Waals surface area contributed by atoms with Gasteiger partial charge in [-0.3, -0.25) is 4.79 Å². The number of likely N-dealkylation sites (tertiary alicyclic amines) is 1. The molecule has 5 nitrogen and oxygen atoms in total. The summed E-state index contributed by atoms with van der Waals surface area (Å²) in [5, 5.41) is 5.52. The summed E-state index contributed by atoms with van der Waals surface area (Å²) in [5.41, 5.74) is 1.93. The Morgan fingerprint density at radius 3 is 2.21 bits per heavy atom. The quantitative estimate of drug-likeness (QED) is 0.898. The molecule has 0 spiro atoms. The molecular weight excluding hydrogens is 302 g/mol. The molecule has 0 unspecified atom stereocenters. The van der Waals surface area contributed by atoms with Crippen molar-refractivity contribution in [3.05, 3.63) is 60.2 Å². The molecule has 0 radical (unpaired) electrons. The predicted octanol–water partition coefficient (Wildman–Crippen LogP) is 3.96. The van der Waals surface area contributed by atoms with Gasteiger partial charge in [-0.05, 0) is 49.6 Å². The Labute approximate surface area is 141 Å². The van der Waals surface area contributed by atoms with Gasteiger partial charge in [0.05, 0.1) is 0 Å². The average molecular weight is 323 g/mol. The number of carbonyl (C=O) groups is 2. The van der Waals surface area contributed by atoms with Crippen molar-refractivity contribution in [2.45, 2.75) is 19.3 Å². The lowest BCUT2D eigenvalue weighted by Crippen LogP contribution is -2.35. The topological polar surface area (TPSA) is 61.4 Å². The van der Waals surface area contributed by atoms with Crippen molar-refractivity contribution in [3.63, 3.8) is 0 Å². The maximum atomic E-state index is 12.5. The summed E-state index contributed by atoms with van der Waals surface area (Å²) in [4.78, 5) is 26.5. The molecule has 0 aromatic heterocycles. The van der Waals surface area contributed by atoms with Crippen molar-refractivity contribution in [3.8, 4) is 0 Å². The number of piperidine rings is 1. The van der Waals surface area contributed by atoms with Crippen molar-refractivity contribution >= 4 is 23.3 Å². The molecule has 1 fully saturated rings. The van der Waals surface area contributed by atoms with Crippen LogP contribution in [0.2, 0.25) is 0 Å². The van der Waals surface area contributed by atoms with E-state index in [1.54, 1.807) is 24.3 Å². The van der Waals surface area contributed by atoms with Crippen LogP contribution in [-0.2, 0) is 0 Å². The number of rotatable bonds is 3. The van der Waals surface area contributed by atoms with Gasteiger partial charge < -0.3 is 15.5 Å². The van der Waals surface area contributed by atoms with E-state index in [2.05, 4.69) is 10.6 Å². The number of hydrogen-bond acceptors (Lipinski definition) is 2. The summed E-state index contributed by atoms with van der Waals surface area (Å²) in [6, 6.07) is 16.0. The van der Waals surface area contributed by atoms with E-state index in [9.17, 15) is 9.59 Å². The van der Waals surface area contributed by atoms with Crippen molar-refractivity contribution < 1.29 is 9.59 Å². The highest BCUT2D eigenvalue weighted by Crippen LogP contribution is 2.17. The number of nitrogens with one attached hydrogen (secondary N) is 2. The van der Waals surface area contributed by atoms with E-state index in [0.29, 0.717) is 11.3 Å². The Morgan fingerprint density at radius 2 is 1.46 bits per heavy atom. The zero-order chi connectivity index (χ0) is 16.8. The van der Waals surface area contributed by atoms with Crippen LogP contribution >= 0.6 is 0 Å². The van der Waals surface area contributed by atoms with Crippen LogP contribution in [0.3, 0.4) is 0 Å². The number of hydrogen-bond donors (Lipinski definition) is 2. The van der Waals surface area contributed by atoms with Gasteiger partial charge in [0.2, 0.25) is 0 Å². The lowest BCUT2D eigenvalue weighted by molar-refractivity contribution is 0.0724. The fourth-order valence-corrected chi connectivity index (χ4v) is 2.82. The van der Waals surface area contributed by atoms with E-state index in [0.717, 1.165) is 31.6 Å². The minimum atomic E-state index is -0.330. The molecular formula is C19H21N3O2. The third-order valence-corrected chi connectivity index (χ3v) is 4.04. The average Bonchev–Trinajstić information content (AvgIpc) is 2.63. The van der Waals surface area contributed by atoms with Gasteiger partial charge in [-0.2, -0.15) is 0 Å². The first-order chi connectivity index (χ1) is 11.7. The van der Waals surface area contributed by atoms with Crippen molar-refractivity contribution in [2.24, 2.45) is 0 Å². The van der Waals surface area contributed by atoms with Gasteiger partial charge in [-0.15, -0.1) is 0 Å². The molecule has 2 aromatic rings. The SMILES string of the molecule is O=C(Nc1ccccc1)Nc1cccc(C(=O)N2CCCCC2)c1. The van der Waals surface area contributed by atoms with Crippen molar-refractivity contribution in [1.82, 2.24) is 4.90 Å². The zero-order valence-corrected chi connectivity index (χ0v) is 13.5. The lowest BCUT2D eigenvalue weighted by Gasteiger charge is -2.26. The van der Waals surface area contributed by atoms with Gasteiger partial charge in [-0.25, -0.2) is 4.79 Å². The first kappa shape index (κ1) is 16.1. The fraction of sp³-hybridized carbons (Fsp3) is 0.263. The standard InChI is InChI=1S/C19H21N3O2/c23-18(22-12-5-2-6-13-22)15-8-7-11-17(14-15)21-19(24)20-16-9-3-1-4-10-16/h1,3-4,7-11,14H,2,5-6,12-13H2,(H2,20,21,24). The van der Waals surface area contributed by atoms with Crippen LogP contribution < -0.4 is 10.6 Å². The number of urea groups is 1. The second-order valence-corrected chi connectivity index (χ2v) is 5.88. The fourth-order valence-electron chi connectivity index (χ4n) is 2.82. The summed E-state index contributed by atoms with van der Waals surface area (Å²) in [5.74, 6) is 0.0295. The number of nitrogens with zero attached hydrogens (tertiary/aromatic N) is 1. The van der Waals surface area contributed by atoms with Crippen LogP contribution in [0.1, 0.15) is 29.6 Å². The van der Waals surface area contributed by atoms with Gasteiger partial charge >= 0.3 is 6.03 Å². The van der Waals surface area contributed by atoms with E-state index >= 15 is 0 Å². The number of anilines is 2. The molecule has 124 valence electrons. The maximum Gasteiger partial charge on any atom is 0.323 e.